The van der Waals surface area contributed by atoms with E-state index in [1.807, 2.05) is 0 Å². The highest BCUT2D eigenvalue weighted by atomic mass is 35.5. The molecule has 0 amide bonds. The van der Waals surface area contributed by atoms with Gasteiger partial charge in [0.2, 0.25) is 0 Å². The highest BCUT2D eigenvalue weighted by molar-refractivity contribution is 6.21. The number of rotatable bonds is 2. The third-order valence-corrected chi connectivity index (χ3v) is 4.81. The first-order chi connectivity index (χ1) is 7.75. The summed E-state index contributed by atoms with van der Waals surface area (Å²) < 4.78 is 0. The topological polar surface area (TPSA) is 0 Å². The molecular formula is C15H19Cl. The maximum atomic E-state index is 6.54. The van der Waals surface area contributed by atoms with Gasteiger partial charge in [-0.05, 0) is 60.6 Å². The minimum Gasteiger partial charge on any atom is -0.118 e. The van der Waals surface area contributed by atoms with Gasteiger partial charge in [-0.1, -0.05) is 25.1 Å². The molecule has 1 saturated carbocycles. The van der Waals surface area contributed by atoms with Gasteiger partial charge in [-0.3, -0.25) is 0 Å². The molecule has 0 spiro atoms. The Bertz CT molecular complexity index is 396. The average molecular weight is 235 g/mol. The van der Waals surface area contributed by atoms with Crippen LogP contribution in [0.25, 0.3) is 0 Å². The first kappa shape index (κ1) is 10.7. The van der Waals surface area contributed by atoms with Crippen molar-refractivity contribution in [3.8, 4) is 0 Å². The van der Waals surface area contributed by atoms with E-state index < -0.39 is 0 Å². The fourth-order valence-electron chi connectivity index (χ4n) is 2.93. The fourth-order valence-corrected chi connectivity index (χ4v) is 3.42. The minimum absolute atomic E-state index is 0.252. The Kier molecular flexibility index (Phi) is 2.71. The zero-order valence-corrected chi connectivity index (χ0v) is 10.6. The van der Waals surface area contributed by atoms with Crippen molar-refractivity contribution >= 4 is 11.6 Å². The van der Waals surface area contributed by atoms with Crippen molar-refractivity contribution in [1.29, 1.82) is 0 Å². The van der Waals surface area contributed by atoms with E-state index >= 15 is 0 Å². The lowest BCUT2D eigenvalue weighted by atomic mass is 9.89. The predicted octanol–water partition coefficient (Wildman–Crippen LogP) is 4.50. The third kappa shape index (κ3) is 1.88. The van der Waals surface area contributed by atoms with Crippen LogP contribution in [0.1, 0.15) is 48.3 Å². The molecule has 1 fully saturated rings. The number of hydrogen-bond donors (Lipinski definition) is 0. The summed E-state index contributed by atoms with van der Waals surface area (Å²) in [5.41, 5.74) is 4.47. The highest BCUT2D eigenvalue weighted by Gasteiger charge is 2.39. The van der Waals surface area contributed by atoms with Gasteiger partial charge < -0.3 is 0 Å². The second-order valence-electron chi connectivity index (χ2n) is 5.51. The number of fused-ring (bicyclic) bond motifs is 1. The maximum absolute atomic E-state index is 6.54. The molecule has 0 aliphatic heterocycles. The van der Waals surface area contributed by atoms with E-state index in [2.05, 4.69) is 25.1 Å². The zero-order valence-electron chi connectivity index (χ0n) is 9.88. The van der Waals surface area contributed by atoms with Gasteiger partial charge in [-0.15, -0.1) is 11.6 Å². The van der Waals surface area contributed by atoms with Crippen LogP contribution in [0.5, 0.6) is 0 Å². The Labute approximate surface area is 103 Å². The molecule has 0 bridgehead atoms. The van der Waals surface area contributed by atoms with Crippen LogP contribution in [-0.2, 0) is 12.8 Å². The molecule has 0 N–H and O–H groups in total. The van der Waals surface area contributed by atoms with Crippen molar-refractivity contribution in [2.75, 3.05) is 0 Å². The molecule has 0 saturated heterocycles. The lowest BCUT2D eigenvalue weighted by molar-refractivity contribution is 0.678. The van der Waals surface area contributed by atoms with E-state index in [0.717, 1.165) is 11.8 Å². The molecule has 1 aromatic carbocycles. The SMILES string of the molecule is CC1CC1C(Cl)c1ccc2c(c1)CCCC2. The first-order valence-corrected chi connectivity index (χ1v) is 6.95. The molecule has 2 aliphatic carbocycles. The monoisotopic (exact) mass is 234 g/mol. The van der Waals surface area contributed by atoms with Crippen molar-refractivity contribution in [2.24, 2.45) is 11.8 Å². The summed E-state index contributed by atoms with van der Waals surface area (Å²) in [5.74, 6) is 1.56. The van der Waals surface area contributed by atoms with Crippen LogP contribution in [0, 0.1) is 11.8 Å². The van der Waals surface area contributed by atoms with Crippen LogP contribution >= 0.6 is 11.6 Å². The molecule has 3 atom stereocenters. The average Bonchev–Trinajstić information content (AvgIpc) is 3.05. The maximum Gasteiger partial charge on any atom is 0.0616 e. The second kappa shape index (κ2) is 4.07. The smallest absolute Gasteiger partial charge is 0.0616 e. The number of aryl methyl sites for hydroxylation is 2. The molecule has 0 radical (unpaired) electrons. The Morgan fingerprint density at radius 2 is 1.88 bits per heavy atom. The molecule has 3 unspecified atom stereocenters. The number of halogens is 1. The Balaban J connectivity index is 1.85. The van der Waals surface area contributed by atoms with Gasteiger partial charge in [0.05, 0.1) is 5.38 Å². The molecule has 3 rings (SSSR count). The minimum atomic E-state index is 0.252. The molecule has 0 aromatic heterocycles. The van der Waals surface area contributed by atoms with Gasteiger partial charge in [0.15, 0.2) is 0 Å². The summed E-state index contributed by atoms with van der Waals surface area (Å²) in [6.07, 6.45) is 6.54. The van der Waals surface area contributed by atoms with Gasteiger partial charge in [-0.25, -0.2) is 0 Å². The van der Waals surface area contributed by atoms with Crippen LogP contribution in [-0.4, -0.2) is 0 Å². The Morgan fingerprint density at radius 1 is 1.19 bits per heavy atom. The van der Waals surface area contributed by atoms with E-state index in [1.165, 1.54) is 37.7 Å². The van der Waals surface area contributed by atoms with Crippen molar-refractivity contribution in [2.45, 2.75) is 44.4 Å². The van der Waals surface area contributed by atoms with Crippen LogP contribution in [0.2, 0.25) is 0 Å². The molecule has 2 aliphatic rings. The zero-order chi connectivity index (χ0) is 11.1. The largest absolute Gasteiger partial charge is 0.118 e. The summed E-state index contributed by atoms with van der Waals surface area (Å²) in [7, 11) is 0. The van der Waals surface area contributed by atoms with Crippen LogP contribution in [0.4, 0.5) is 0 Å². The molecule has 1 aromatic rings. The summed E-state index contributed by atoms with van der Waals surface area (Å²) >= 11 is 6.54. The van der Waals surface area contributed by atoms with Crippen molar-refractivity contribution in [1.82, 2.24) is 0 Å². The van der Waals surface area contributed by atoms with E-state index in [9.17, 15) is 0 Å². The standard InChI is InChI=1S/C15H19Cl/c1-10-8-14(10)15(16)13-7-6-11-4-2-3-5-12(11)9-13/h6-7,9-10,14-15H,2-5,8H2,1H3. The summed E-state index contributed by atoms with van der Waals surface area (Å²) in [4.78, 5) is 0. The molecular weight excluding hydrogens is 216 g/mol. The Morgan fingerprint density at radius 3 is 2.56 bits per heavy atom. The van der Waals surface area contributed by atoms with E-state index in [0.29, 0.717) is 0 Å². The molecule has 1 heteroatoms. The van der Waals surface area contributed by atoms with Crippen LogP contribution in [0.3, 0.4) is 0 Å². The lowest BCUT2D eigenvalue weighted by Crippen LogP contribution is -2.04. The summed E-state index contributed by atoms with van der Waals surface area (Å²) in [5, 5.41) is 0.252. The van der Waals surface area contributed by atoms with Crippen molar-refractivity contribution in [3.63, 3.8) is 0 Å². The molecule has 0 nitrogen and oxygen atoms in total. The van der Waals surface area contributed by atoms with E-state index in [-0.39, 0.29) is 5.38 Å². The normalized spacial score (nSPS) is 29.6. The van der Waals surface area contributed by atoms with Gasteiger partial charge in [0, 0.05) is 0 Å². The van der Waals surface area contributed by atoms with E-state index in [1.54, 1.807) is 11.1 Å². The summed E-state index contributed by atoms with van der Waals surface area (Å²) in [6.45, 7) is 2.30. The van der Waals surface area contributed by atoms with Crippen molar-refractivity contribution < 1.29 is 0 Å². The first-order valence-electron chi connectivity index (χ1n) is 6.51. The molecule has 0 heterocycles. The highest BCUT2D eigenvalue weighted by Crippen LogP contribution is 2.50. The van der Waals surface area contributed by atoms with Crippen LogP contribution in [0.15, 0.2) is 18.2 Å². The number of hydrogen-bond acceptors (Lipinski definition) is 0. The Hall–Kier alpha value is -0.490. The van der Waals surface area contributed by atoms with E-state index in [4.69, 9.17) is 11.6 Å². The van der Waals surface area contributed by atoms with Gasteiger partial charge in [0.1, 0.15) is 0 Å². The van der Waals surface area contributed by atoms with Gasteiger partial charge in [-0.2, -0.15) is 0 Å². The van der Waals surface area contributed by atoms with Crippen molar-refractivity contribution in [3.05, 3.63) is 34.9 Å². The number of benzene rings is 1. The van der Waals surface area contributed by atoms with Gasteiger partial charge >= 0.3 is 0 Å². The third-order valence-electron chi connectivity index (χ3n) is 4.24. The molecule has 86 valence electrons. The second-order valence-corrected chi connectivity index (χ2v) is 5.98. The molecule has 16 heavy (non-hydrogen) atoms. The van der Waals surface area contributed by atoms with Gasteiger partial charge in [0.25, 0.3) is 0 Å². The summed E-state index contributed by atoms with van der Waals surface area (Å²) in [6, 6.07) is 6.94. The quantitative estimate of drug-likeness (QED) is 0.661. The lowest BCUT2D eigenvalue weighted by Gasteiger charge is -2.18. The predicted molar refractivity (Wildman–Crippen MR) is 68.9 cm³/mol. The fraction of sp³-hybridized carbons (Fsp3) is 0.600. The number of alkyl halides is 1. The van der Waals surface area contributed by atoms with Crippen LogP contribution < -0.4 is 0 Å².